The molecular weight excluding hydrogens is 1290 g/mol. The third-order valence-corrected chi connectivity index (χ3v) is 20.7. The quantitative estimate of drug-likeness (QED) is 0.102. The van der Waals surface area contributed by atoms with Gasteiger partial charge in [-0.2, -0.15) is 0 Å². The van der Waals surface area contributed by atoms with Crippen molar-refractivity contribution >= 4 is 128 Å². The highest BCUT2D eigenvalue weighted by molar-refractivity contribution is 6.14. The van der Waals surface area contributed by atoms with Crippen molar-refractivity contribution in [3.05, 3.63) is 400 Å². The highest BCUT2D eigenvalue weighted by Gasteiger charge is 2.24. The molecule has 106 heavy (non-hydrogen) atoms. The number of hydrogen-bond donors (Lipinski definition) is 0. The second-order valence-corrected chi connectivity index (χ2v) is 27.0. The Morgan fingerprint density at radius 2 is 0.481 bits per heavy atom. The van der Waals surface area contributed by atoms with Crippen molar-refractivity contribution in [1.29, 1.82) is 0 Å². The summed E-state index contributed by atoms with van der Waals surface area (Å²) in [4.78, 5) is 18.3. The molecule has 16 aromatic carbocycles. The molecule has 0 aliphatic heterocycles. The van der Waals surface area contributed by atoms with Crippen molar-refractivity contribution in [2.24, 2.45) is 0 Å². The number of para-hydroxylation sites is 9. The summed E-state index contributed by atoms with van der Waals surface area (Å²) >= 11 is 0. The predicted molar refractivity (Wildman–Crippen MR) is 443 cm³/mol. The number of nitrogens with zero attached hydrogens (tertiary/aromatic N) is 8. The summed E-state index contributed by atoms with van der Waals surface area (Å²) in [5.74, 6) is 0.630. The Balaban J connectivity index is 0.736. The standard InChI is InChI=1S/C98H66N8/c1-7-31-71(32-8-1)101(72-33-9-2-10-34-72)80-53-57-94-86(64-80)83-46-19-22-49-91(83)104(94)77-43-25-28-67(60-77)68-52-56-90-89(63-68)97(69-29-26-44-78(61-69)105-92-50-23-20-47-84(92)87-65-81(54-58-95(87)105)102(73-35-11-3-12-36-73)74-37-13-4-14-38-74)100-98(99-90)70-30-27-45-79(62-70)106-93-51-24-21-48-85(93)88-66-82(55-59-96(88)106)103(75-39-15-5-16-40-75)76-41-17-6-18-42-76/h1-66H. The van der Waals surface area contributed by atoms with E-state index in [0.717, 1.165) is 151 Å². The second-order valence-electron chi connectivity index (χ2n) is 27.0. The van der Waals surface area contributed by atoms with Crippen molar-refractivity contribution in [1.82, 2.24) is 23.7 Å². The van der Waals surface area contributed by atoms with Crippen LogP contribution in [0.5, 0.6) is 0 Å². The highest BCUT2D eigenvalue weighted by Crippen LogP contribution is 2.46. The smallest absolute Gasteiger partial charge is 0.160 e. The number of benzene rings is 16. The molecule has 0 N–H and O–H groups in total. The number of aromatic nitrogens is 5. The van der Waals surface area contributed by atoms with E-state index in [1.807, 2.05) is 0 Å². The third-order valence-electron chi connectivity index (χ3n) is 20.7. The van der Waals surface area contributed by atoms with Crippen LogP contribution in [0.15, 0.2) is 400 Å². The van der Waals surface area contributed by atoms with Crippen LogP contribution in [0.25, 0.3) is 127 Å². The molecular formula is C98H66N8. The zero-order valence-corrected chi connectivity index (χ0v) is 57.7. The van der Waals surface area contributed by atoms with E-state index in [2.05, 4.69) is 429 Å². The first-order valence-corrected chi connectivity index (χ1v) is 36.0. The Hall–Kier alpha value is -14.3. The zero-order chi connectivity index (χ0) is 70.0. The van der Waals surface area contributed by atoms with Crippen LogP contribution in [0.3, 0.4) is 0 Å². The van der Waals surface area contributed by atoms with Gasteiger partial charge in [-0.3, -0.25) is 0 Å². The molecule has 8 heteroatoms. The lowest BCUT2D eigenvalue weighted by atomic mass is 9.99. The Kier molecular flexibility index (Phi) is 15.0. The van der Waals surface area contributed by atoms with Gasteiger partial charge in [0.2, 0.25) is 0 Å². The van der Waals surface area contributed by atoms with Gasteiger partial charge < -0.3 is 28.4 Å². The summed E-state index contributed by atoms with van der Waals surface area (Å²) in [6.45, 7) is 0. The first kappa shape index (κ1) is 61.5. The maximum Gasteiger partial charge on any atom is 0.160 e. The van der Waals surface area contributed by atoms with E-state index in [-0.39, 0.29) is 0 Å². The van der Waals surface area contributed by atoms with E-state index >= 15 is 0 Å². The average Bonchev–Trinajstić information content (AvgIpc) is 1.56. The first-order chi connectivity index (χ1) is 52.6. The fraction of sp³-hybridized carbons (Fsp3) is 0. The molecule has 0 fully saturated rings. The van der Waals surface area contributed by atoms with Gasteiger partial charge in [-0.15, -0.1) is 0 Å². The van der Waals surface area contributed by atoms with Crippen LogP contribution in [0.1, 0.15) is 0 Å². The Morgan fingerprint density at radius 1 is 0.179 bits per heavy atom. The molecule has 0 aliphatic rings. The van der Waals surface area contributed by atoms with Crippen LogP contribution in [0, 0.1) is 0 Å². The molecule has 4 aromatic heterocycles. The lowest BCUT2D eigenvalue weighted by Gasteiger charge is -2.25. The number of fused-ring (bicyclic) bond motifs is 10. The van der Waals surface area contributed by atoms with Crippen LogP contribution in [-0.2, 0) is 0 Å². The van der Waals surface area contributed by atoms with E-state index in [4.69, 9.17) is 9.97 Å². The maximum absolute atomic E-state index is 5.78. The summed E-state index contributed by atoms with van der Waals surface area (Å²) in [6, 6.07) is 144. The van der Waals surface area contributed by atoms with Crippen LogP contribution >= 0.6 is 0 Å². The van der Waals surface area contributed by atoms with E-state index in [1.54, 1.807) is 0 Å². The minimum absolute atomic E-state index is 0.630. The van der Waals surface area contributed by atoms with Gasteiger partial charge in [-0.25, -0.2) is 9.97 Å². The first-order valence-electron chi connectivity index (χ1n) is 36.0. The largest absolute Gasteiger partial charge is 0.310 e. The molecule has 0 amide bonds. The maximum atomic E-state index is 5.78. The molecule has 498 valence electrons. The number of anilines is 9. The fourth-order valence-electron chi connectivity index (χ4n) is 16.0. The van der Waals surface area contributed by atoms with Gasteiger partial charge in [0.1, 0.15) is 0 Å². The van der Waals surface area contributed by atoms with Gasteiger partial charge in [-0.05, 0) is 205 Å². The Labute approximate surface area is 613 Å². The number of hydrogen-bond acceptors (Lipinski definition) is 5. The van der Waals surface area contributed by atoms with Crippen molar-refractivity contribution in [3.8, 4) is 50.8 Å². The minimum Gasteiger partial charge on any atom is -0.310 e. The summed E-state index contributed by atoms with van der Waals surface area (Å²) in [6.07, 6.45) is 0. The van der Waals surface area contributed by atoms with Crippen LogP contribution in [-0.4, -0.2) is 23.7 Å². The average molecular weight is 1360 g/mol. The lowest BCUT2D eigenvalue weighted by molar-refractivity contribution is 1.16. The number of rotatable bonds is 15. The molecule has 8 nitrogen and oxygen atoms in total. The van der Waals surface area contributed by atoms with E-state index < -0.39 is 0 Å². The summed E-state index contributed by atoms with van der Waals surface area (Å²) < 4.78 is 7.21. The Morgan fingerprint density at radius 3 is 0.858 bits per heavy atom. The van der Waals surface area contributed by atoms with Gasteiger partial charge in [0.25, 0.3) is 0 Å². The third kappa shape index (κ3) is 10.7. The van der Waals surface area contributed by atoms with Gasteiger partial charge in [0.05, 0.1) is 44.3 Å². The zero-order valence-electron chi connectivity index (χ0n) is 57.7. The van der Waals surface area contributed by atoms with Gasteiger partial charge in [0, 0.05) is 117 Å². The fourth-order valence-corrected chi connectivity index (χ4v) is 16.0. The molecule has 0 spiro atoms. The SMILES string of the molecule is c1ccc(N(c2ccccc2)c2ccc3c(c2)c2ccccc2n3-c2cccc(-c3ccc4nc(-c5cccc(-n6c7ccccc7c7cc(N(c8ccccc8)c8ccccc8)ccc76)c5)nc(-c5cccc(-n6c7ccccc7c7cc(N(c8ccccc8)c8ccccc8)ccc76)c5)c4c3)c2)cc1. The van der Waals surface area contributed by atoms with Crippen molar-refractivity contribution in [2.75, 3.05) is 14.7 Å². The monoisotopic (exact) mass is 1350 g/mol. The minimum atomic E-state index is 0.630. The topological polar surface area (TPSA) is 50.3 Å². The predicted octanol–water partition coefficient (Wildman–Crippen LogP) is 26.3. The molecule has 0 saturated carbocycles. The molecule has 0 aliphatic carbocycles. The molecule has 0 unspecified atom stereocenters. The summed E-state index contributed by atoms with van der Waals surface area (Å²) in [5, 5.41) is 7.95. The highest BCUT2D eigenvalue weighted by atomic mass is 15.2. The Bertz CT molecular complexity index is 6590. The second kappa shape index (κ2) is 25.9. The van der Waals surface area contributed by atoms with E-state index in [1.165, 1.54) is 21.5 Å². The molecule has 0 atom stereocenters. The molecule has 0 radical (unpaired) electrons. The molecule has 20 aromatic rings. The normalized spacial score (nSPS) is 11.6. The van der Waals surface area contributed by atoms with Gasteiger partial charge in [-0.1, -0.05) is 206 Å². The van der Waals surface area contributed by atoms with Crippen LogP contribution in [0.4, 0.5) is 51.2 Å². The summed E-state index contributed by atoms with van der Waals surface area (Å²) in [5.41, 5.74) is 25.3. The molecule has 4 heterocycles. The van der Waals surface area contributed by atoms with Gasteiger partial charge >= 0.3 is 0 Å². The molecule has 0 bridgehead atoms. The summed E-state index contributed by atoms with van der Waals surface area (Å²) in [7, 11) is 0. The molecule has 0 saturated heterocycles. The molecule has 20 rings (SSSR count). The van der Waals surface area contributed by atoms with Crippen LogP contribution in [0.2, 0.25) is 0 Å². The van der Waals surface area contributed by atoms with Crippen molar-refractivity contribution in [3.63, 3.8) is 0 Å². The van der Waals surface area contributed by atoms with E-state index in [0.29, 0.717) is 5.82 Å². The van der Waals surface area contributed by atoms with Crippen molar-refractivity contribution < 1.29 is 0 Å². The van der Waals surface area contributed by atoms with E-state index in [9.17, 15) is 0 Å². The van der Waals surface area contributed by atoms with Crippen LogP contribution < -0.4 is 14.7 Å². The lowest BCUT2D eigenvalue weighted by Crippen LogP contribution is -2.09. The van der Waals surface area contributed by atoms with Gasteiger partial charge in [0.15, 0.2) is 5.82 Å². The van der Waals surface area contributed by atoms with Crippen molar-refractivity contribution in [2.45, 2.75) is 0 Å².